The van der Waals surface area contributed by atoms with Gasteiger partial charge in [0.2, 0.25) is 0 Å². The van der Waals surface area contributed by atoms with Gasteiger partial charge in [-0.25, -0.2) is 8.78 Å². The molecule has 0 N–H and O–H groups in total. The number of fused-ring (bicyclic) bond motifs is 2. The third-order valence-corrected chi connectivity index (χ3v) is 7.91. The molecule has 190 valence electrons. The summed E-state index contributed by atoms with van der Waals surface area (Å²) < 4.78 is 66.1. The van der Waals surface area contributed by atoms with Crippen molar-refractivity contribution in [2.24, 2.45) is 17.8 Å². The Morgan fingerprint density at radius 3 is 2.19 bits per heavy atom. The molecule has 1 atom stereocenters. The zero-order chi connectivity index (χ0) is 26.2. The molecule has 0 bridgehead atoms. The molecule has 2 aliphatic carbocycles. The van der Waals surface area contributed by atoms with Crippen molar-refractivity contribution >= 4 is 10.8 Å². The fourth-order valence-corrected chi connectivity index (χ4v) is 5.82. The first-order valence-corrected chi connectivity index (χ1v) is 12.8. The van der Waals surface area contributed by atoms with Crippen LogP contribution in [-0.4, -0.2) is 6.18 Å². The maximum absolute atomic E-state index is 14.7. The van der Waals surface area contributed by atoms with Crippen LogP contribution < -0.4 is 0 Å². The molecule has 0 nitrogen and oxygen atoms in total. The van der Waals surface area contributed by atoms with Crippen molar-refractivity contribution in [1.82, 2.24) is 0 Å². The van der Waals surface area contributed by atoms with Gasteiger partial charge in [0.25, 0.3) is 0 Å². The van der Waals surface area contributed by atoms with Crippen LogP contribution in [0.15, 0.2) is 42.5 Å². The number of alkyl halides is 3. The second-order valence-corrected chi connectivity index (χ2v) is 10.5. The highest BCUT2D eigenvalue weighted by Gasteiger charge is 2.29. The fraction of sp³-hybridized carbons (Fsp3) is 0.375. The van der Waals surface area contributed by atoms with Gasteiger partial charge in [-0.1, -0.05) is 49.7 Å². The Labute approximate surface area is 214 Å². The van der Waals surface area contributed by atoms with Crippen LogP contribution in [0.5, 0.6) is 0 Å². The summed E-state index contributed by atoms with van der Waals surface area (Å²) in [4.78, 5) is 0. The molecule has 1 fully saturated rings. The van der Waals surface area contributed by atoms with E-state index in [-0.39, 0.29) is 10.8 Å². The summed E-state index contributed by atoms with van der Waals surface area (Å²) in [6.07, 6.45) is 4.00. The fourth-order valence-electron chi connectivity index (χ4n) is 5.82. The largest absolute Gasteiger partial charge is 0.458 e. The molecule has 3 aromatic rings. The van der Waals surface area contributed by atoms with Crippen molar-refractivity contribution in [3.8, 4) is 23.7 Å². The van der Waals surface area contributed by atoms with Crippen LogP contribution in [0.2, 0.25) is 0 Å². The highest BCUT2D eigenvalue weighted by molar-refractivity contribution is 5.86. The van der Waals surface area contributed by atoms with Crippen LogP contribution in [0.1, 0.15) is 66.8 Å². The third kappa shape index (κ3) is 5.83. The molecular formula is C32H27F5. The Bertz CT molecular complexity index is 1450. The molecule has 0 heterocycles. The van der Waals surface area contributed by atoms with Gasteiger partial charge in [-0.05, 0) is 96.7 Å². The minimum Gasteiger partial charge on any atom is -0.205 e. The van der Waals surface area contributed by atoms with E-state index in [9.17, 15) is 22.0 Å². The Morgan fingerprint density at radius 1 is 0.757 bits per heavy atom. The standard InChI is InChI=1S/C32H27F5/c1-20-2-8-23(9-3-20)25-12-11-24-16-21(6-10-26(24)18-25)4-5-22-7-13-28-27(17-22)19-30(33)29(31(28)34)14-15-32(35,36)37/h6-7,10,13,16-17,19-20,23,25H,2-3,8-9,11-12,18H2,1H3. The summed E-state index contributed by atoms with van der Waals surface area (Å²) in [6.45, 7) is 2.36. The minimum absolute atomic E-state index is 0.00539. The van der Waals surface area contributed by atoms with E-state index in [0.717, 1.165) is 48.1 Å². The second-order valence-electron chi connectivity index (χ2n) is 10.5. The average molecular weight is 507 g/mol. The van der Waals surface area contributed by atoms with Gasteiger partial charge >= 0.3 is 6.18 Å². The minimum atomic E-state index is -4.83. The second kappa shape index (κ2) is 10.2. The first kappa shape index (κ1) is 25.3. The topological polar surface area (TPSA) is 0 Å². The lowest BCUT2D eigenvalue weighted by Crippen LogP contribution is -2.26. The summed E-state index contributed by atoms with van der Waals surface area (Å²) in [6, 6.07) is 11.9. The van der Waals surface area contributed by atoms with Gasteiger partial charge in [-0.3, -0.25) is 0 Å². The van der Waals surface area contributed by atoms with Crippen molar-refractivity contribution in [2.45, 2.75) is 58.0 Å². The van der Waals surface area contributed by atoms with E-state index in [2.05, 4.69) is 30.9 Å². The summed E-state index contributed by atoms with van der Waals surface area (Å²) in [5.74, 6) is 8.93. The van der Waals surface area contributed by atoms with Crippen molar-refractivity contribution in [1.29, 1.82) is 0 Å². The lowest BCUT2D eigenvalue weighted by Gasteiger charge is -2.35. The molecule has 1 saturated carbocycles. The van der Waals surface area contributed by atoms with Gasteiger partial charge in [0.1, 0.15) is 11.6 Å². The smallest absolute Gasteiger partial charge is 0.205 e. The number of aryl methyl sites for hydroxylation is 1. The van der Waals surface area contributed by atoms with Crippen LogP contribution in [-0.2, 0) is 12.8 Å². The maximum atomic E-state index is 14.7. The van der Waals surface area contributed by atoms with Crippen LogP contribution in [0.4, 0.5) is 22.0 Å². The predicted octanol–water partition coefficient (Wildman–Crippen LogP) is 8.36. The van der Waals surface area contributed by atoms with Crippen LogP contribution in [0.3, 0.4) is 0 Å². The Hall–Kier alpha value is -3.31. The summed E-state index contributed by atoms with van der Waals surface area (Å²) in [5, 5.41) is 0.210. The number of hydrogen-bond acceptors (Lipinski definition) is 0. The van der Waals surface area contributed by atoms with E-state index in [0.29, 0.717) is 5.56 Å². The Balaban J connectivity index is 1.34. The molecule has 0 aliphatic heterocycles. The third-order valence-electron chi connectivity index (χ3n) is 7.91. The quantitative estimate of drug-likeness (QED) is 0.230. The van der Waals surface area contributed by atoms with Crippen molar-refractivity contribution in [2.75, 3.05) is 0 Å². The molecule has 0 amide bonds. The molecule has 5 rings (SSSR count). The molecule has 1 unspecified atom stereocenters. The lowest BCUT2D eigenvalue weighted by atomic mass is 9.70. The normalized spacial score (nSPS) is 21.4. The predicted molar refractivity (Wildman–Crippen MR) is 136 cm³/mol. The van der Waals surface area contributed by atoms with E-state index >= 15 is 0 Å². The highest BCUT2D eigenvalue weighted by atomic mass is 19.4. The number of halogens is 5. The van der Waals surface area contributed by atoms with Crippen molar-refractivity contribution < 1.29 is 22.0 Å². The molecule has 0 spiro atoms. The van der Waals surface area contributed by atoms with Gasteiger partial charge in [0, 0.05) is 22.4 Å². The number of rotatable bonds is 1. The molecular weight excluding hydrogens is 479 g/mol. The van der Waals surface area contributed by atoms with Gasteiger partial charge in [-0.15, -0.1) is 0 Å². The first-order valence-electron chi connectivity index (χ1n) is 12.8. The summed E-state index contributed by atoms with van der Waals surface area (Å²) in [5.41, 5.74) is 3.32. The average Bonchev–Trinajstić information content (AvgIpc) is 2.86. The Kier molecular flexibility index (Phi) is 7.00. The van der Waals surface area contributed by atoms with Gasteiger partial charge < -0.3 is 0 Å². The molecule has 5 heteroatoms. The number of benzene rings is 3. The molecule has 0 aromatic heterocycles. The lowest BCUT2D eigenvalue weighted by molar-refractivity contribution is -0.0696. The Morgan fingerprint density at radius 2 is 1.46 bits per heavy atom. The van der Waals surface area contributed by atoms with E-state index < -0.39 is 23.4 Å². The zero-order valence-corrected chi connectivity index (χ0v) is 20.6. The number of hydrogen-bond donors (Lipinski definition) is 0. The van der Waals surface area contributed by atoms with Crippen LogP contribution in [0, 0.1) is 53.1 Å². The van der Waals surface area contributed by atoms with Crippen LogP contribution >= 0.6 is 0 Å². The molecule has 2 aliphatic rings. The van der Waals surface area contributed by atoms with E-state index in [1.54, 1.807) is 12.0 Å². The monoisotopic (exact) mass is 506 g/mol. The van der Waals surface area contributed by atoms with Crippen molar-refractivity contribution in [3.05, 3.63) is 81.9 Å². The molecule has 0 radical (unpaired) electrons. The summed E-state index contributed by atoms with van der Waals surface area (Å²) in [7, 11) is 0. The highest BCUT2D eigenvalue weighted by Crippen LogP contribution is 2.39. The molecule has 3 aromatic carbocycles. The van der Waals surface area contributed by atoms with Crippen LogP contribution in [0.25, 0.3) is 10.8 Å². The SMILES string of the molecule is CC1CCC(C2CCc3cc(C#Cc4ccc5c(F)c(C#CC(F)(F)F)c(F)cc5c4)ccc3C2)CC1. The summed E-state index contributed by atoms with van der Waals surface area (Å²) >= 11 is 0. The first-order chi connectivity index (χ1) is 17.7. The van der Waals surface area contributed by atoms with Gasteiger partial charge in [0.05, 0.1) is 5.56 Å². The van der Waals surface area contributed by atoms with Crippen molar-refractivity contribution in [3.63, 3.8) is 0 Å². The van der Waals surface area contributed by atoms with E-state index in [1.807, 2.05) is 6.07 Å². The molecule has 37 heavy (non-hydrogen) atoms. The van der Waals surface area contributed by atoms with Gasteiger partial charge in [0.15, 0.2) is 0 Å². The van der Waals surface area contributed by atoms with Gasteiger partial charge in [-0.2, -0.15) is 13.2 Å². The zero-order valence-electron chi connectivity index (χ0n) is 20.6. The maximum Gasteiger partial charge on any atom is 0.458 e. The van der Waals surface area contributed by atoms with E-state index in [4.69, 9.17) is 0 Å². The molecule has 0 saturated heterocycles. The van der Waals surface area contributed by atoms with E-state index in [1.165, 1.54) is 55.4 Å².